The number of rotatable bonds is 5. The first-order valence-corrected chi connectivity index (χ1v) is 11.6. The molecule has 2 aromatic carbocycles. The van der Waals surface area contributed by atoms with Crippen LogP contribution in [0.15, 0.2) is 42.5 Å². The molecule has 4 aliphatic carbocycles. The molecule has 0 aliphatic heterocycles. The van der Waals surface area contributed by atoms with Crippen molar-refractivity contribution < 1.29 is 14.3 Å². The second-order valence-electron chi connectivity index (χ2n) is 9.67. The molecule has 4 fully saturated rings. The van der Waals surface area contributed by atoms with Crippen molar-refractivity contribution >= 4 is 29.2 Å². The highest BCUT2D eigenvalue weighted by Crippen LogP contribution is 2.60. The molecule has 0 saturated heterocycles. The molecular formula is C27H26ClNO3. The number of carbonyl (C=O) groups is 1. The van der Waals surface area contributed by atoms with Gasteiger partial charge < -0.3 is 9.47 Å². The average molecular weight is 448 g/mol. The molecule has 4 bridgehead atoms. The third-order valence-corrected chi connectivity index (χ3v) is 7.70. The molecule has 164 valence electrons. The molecule has 0 aromatic heterocycles. The first-order valence-electron chi connectivity index (χ1n) is 11.3. The molecule has 0 atom stereocenters. The van der Waals surface area contributed by atoms with E-state index in [2.05, 4.69) is 6.07 Å². The maximum Gasteiger partial charge on any atom is 0.317 e. The number of nitrogens with zero attached hydrogens (tertiary/aromatic N) is 1. The van der Waals surface area contributed by atoms with Crippen LogP contribution in [0.4, 0.5) is 0 Å². The lowest BCUT2D eigenvalue weighted by Crippen LogP contribution is -2.51. The minimum atomic E-state index is -0.319. The lowest BCUT2D eigenvalue weighted by molar-refractivity contribution is -0.161. The minimum Gasteiger partial charge on any atom is -0.493 e. The van der Waals surface area contributed by atoms with E-state index in [4.69, 9.17) is 21.1 Å². The number of ether oxygens (including phenoxy) is 2. The molecule has 32 heavy (non-hydrogen) atoms. The topological polar surface area (TPSA) is 59.3 Å². The summed E-state index contributed by atoms with van der Waals surface area (Å²) in [6, 6.07) is 14.8. The number of methoxy groups -OCH3 is 1. The normalized spacial score (nSPS) is 28.3. The number of nitriles is 1. The van der Waals surface area contributed by atoms with Gasteiger partial charge in [0, 0.05) is 5.02 Å². The number of halogens is 1. The molecule has 0 amide bonds. The van der Waals surface area contributed by atoms with Gasteiger partial charge >= 0.3 is 5.97 Å². The Morgan fingerprint density at radius 2 is 1.66 bits per heavy atom. The van der Waals surface area contributed by atoms with E-state index in [0.717, 1.165) is 30.4 Å². The van der Waals surface area contributed by atoms with Crippen molar-refractivity contribution in [3.8, 4) is 17.6 Å². The zero-order valence-corrected chi connectivity index (χ0v) is 18.9. The zero-order valence-electron chi connectivity index (χ0n) is 18.1. The summed E-state index contributed by atoms with van der Waals surface area (Å²) in [5, 5.41) is 10.2. The Morgan fingerprint density at radius 3 is 2.22 bits per heavy atom. The molecule has 6 rings (SSSR count). The van der Waals surface area contributed by atoms with Crippen molar-refractivity contribution in [3.63, 3.8) is 0 Å². The predicted molar refractivity (Wildman–Crippen MR) is 124 cm³/mol. The second-order valence-corrected chi connectivity index (χ2v) is 10.1. The van der Waals surface area contributed by atoms with Crippen LogP contribution in [0.3, 0.4) is 0 Å². The minimum absolute atomic E-state index is 0.0999. The molecule has 0 spiro atoms. The van der Waals surface area contributed by atoms with Crippen molar-refractivity contribution in [2.45, 2.75) is 38.5 Å². The molecule has 4 nitrogen and oxygen atoms in total. The lowest BCUT2D eigenvalue weighted by Gasteiger charge is -2.55. The van der Waals surface area contributed by atoms with Crippen LogP contribution < -0.4 is 9.47 Å². The first kappa shape index (κ1) is 21.1. The average Bonchev–Trinajstić information content (AvgIpc) is 2.78. The number of carbonyl (C=O) groups excluding carboxylic acids is 1. The molecule has 0 radical (unpaired) electrons. The predicted octanol–water partition coefficient (Wildman–Crippen LogP) is 6.53. The van der Waals surface area contributed by atoms with E-state index >= 15 is 0 Å². The van der Waals surface area contributed by atoms with E-state index in [1.165, 1.54) is 19.3 Å². The summed E-state index contributed by atoms with van der Waals surface area (Å²) < 4.78 is 11.5. The molecule has 0 unspecified atom stereocenters. The fourth-order valence-corrected chi connectivity index (χ4v) is 6.53. The Morgan fingerprint density at radius 1 is 1.03 bits per heavy atom. The van der Waals surface area contributed by atoms with Crippen molar-refractivity contribution in [1.82, 2.24) is 0 Å². The van der Waals surface area contributed by atoms with Gasteiger partial charge in [-0.05, 0) is 97.7 Å². The Balaban J connectivity index is 1.37. The standard InChI is InChI=1S/C27H26ClNO3/c1-31-25-12-17(11-22(16-29)21-3-5-23(28)6-4-21)2-7-24(25)32-26(30)27-13-18-8-19(14-27)10-20(9-18)15-27/h2-7,11-12,18-20H,8-10,13-15H2,1H3/b22-11-. The molecule has 0 heterocycles. The van der Waals surface area contributed by atoms with Crippen LogP contribution in [0.2, 0.25) is 5.02 Å². The Hall–Kier alpha value is -2.77. The van der Waals surface area contributed by atoms with Crippen LogP contribution in [-0.2, 0) is 4.79 Å². The zero-order chi connectivity index (χ0) is 22.3. The van der Waals surface area contributed by atoms with E-state index in [-0.39, 0.29) is 11.4 Å². The van der Waals surface area contributed by atoms with Crippen LogP contribution in [0.25, 0.3) is 11.6 Å². The first-order chi connectivity index (χ1) is 15.5. The fourth-order valence-electron chi connectivity index (χ4n) is 6.40. The summed E-state index contributed by atoms with van der Waals surface area (Å²) in [4.78, 5) is 13.3. The Bertz CT molecular complexity index is 1080. The van der Waals surface area contributed by atoms with Crippen LogP contribution in [0.5, 0.6) is 11.5 Å². The molecule has 5 heteroatoms. The number of hydrogen-bond donors (Lipinski definition) is 0. The third-order valence-electron chi connectivity index (χ3n) is 7.45. The van der Waals surface area contributed by atoms with E-state index in [1.54, 1.807) is 37.5 Å². The number of esters is 1. The highest BCUT2D eigenvalue weighted by Gasteiger charge is 2.55. The van der Waals surface area contributed by atoms with E-state index in [9.17, 15) is 10.1 Å². The van der Waals surface area contributed by atoms with Gasteiger partial charge in [-0.1, -0.05) is 29.8 Å². The Labute approximate surface area is 193 Å². The van der Waals surface area contributed by atoms with Gasteiger partial charge in [-0.15, -0.1) is 0 Å². The monoisotopic (exact) mass is 447 g/mol. The van der Waals surface area contributed by atoms with Crippen LogP contribution in [0.1, 0.15) is 49.7 Å². The van der Waals surface area contributed by atoms with Crippen molar-refractivity contribution in [2.75, 3.05) is 7.11 Å². The van der Waals surface area contributed by atoms with Gasteiger partial charge in [0.1, 0.15) is 0 Å². The SMILES string of the molecule is COc1cc(/C=C(/C#N)c2ccc(Cl)cc2)ccc1OC(=O)C12CC3CC(CC(C3)C1)C2. The van der Waals surface area contributed by atoms with E-state index < -0.39 is 0 Å². The quantitative estimate of drug-likeness (QED) is 0.226. The maximum atomic E-state index is 13.3. The number of hydrogen-bond acceptors (Lipinski definition) is 4. The van der Waals surface area contributed by atoms with Gasteiger partial charge in [-0.3, -0.25) is 4.79 Å². The smallest absolute Gasteiger partial charge is 0.317 e. The van der Waals surface area contributed by atoms with Gasteiger partial charge in [0.25, 0.3) is 0 Å². The largest absolute Gasteiger partial charge is 0.493 e. The van der Waals surface area contributed by atoms with Gasteiger partial charge in [0.2, 0.25) is 0 Å². The number of benzene rings is 2. The number of allylic oxidation sites excluding steroid dienone is 1. The third kappa shape index (κ3) is 3.91. The van der Waals surface area contributed by atoms with Gasteiger partial charge in [-0.2, -0.15) is 5.26 Å². The summed E-state index contributed by atoms with van der Waals surface area (Å²) in [5.74, 6) is 2.87. The van der Waals surface area contributed by atoms with Crippen LogP contribution in [0, 0.1) is 34.5 Å². The summed E-state index contributed by atoms with van der Waals surface area (Å²) in [5.41, 5.74) is 1.78. The highest BCUT2D eigenvalue weighted by atomic mass is 35.5. The lowest BCUT2D eigenvalue weighted by atomic mass is 9.49. The fraction of sp³-hybridized carbons (Fsp3) is 0.407. The summed E-state index contributed by atoms with van der Waals surface area (Å²) in [7, 11) is 1.56. The summed E-state index contributed by atoms with van der Waals surface area (Å²) in [6.07, 6.45) is 8.54. The van der Waals surface area contributed by atoms with Gasteiger partial charge in [-0.25, -0.2) is 0 Å². The summed E-state index contributed by atoms with van der Waals surface area (Å²) >= 11 is 5.96. The van der Waals surface area contributed by atoms with Crippen LogP contribution >= 0.6 is 11.6 Å². The Kier molecular flexibility index (Phi) is 5.47. The van der Waals surface area contributed by atoms with Crippen LogP contribution in [-0.4, -0.2) is 13.1 Å². The van der Waals surface area contributed by atoms with Crippen molar-refractivity contribution in [3.05, 3.63) is 58.6 Å². The maximum absolute atomic E-state index is 13.3. The van der Waals surface area contributed by atoms with Crippen molar-refractivity contribution in [1.29, 1.82) is 5.26 Å². The summed E-state index contributed by atoms with van der Waals surface area (Å²) in [6.45, 7) is 0. The van der Waals surface area contributed by atoms with Gasteiger partial charge in [0.15, 0.2) is 11.5 Å². The second kappa shape index (κ2) is 8.30. The molecule has 4 saturated carbocycles. The molecule has 4 aliphatic rings. The molecule has 2 aromatic rings. The van der Waals surface area contributed by atoms with E-state index in [1.807, 2.05) is 18.2 Å². The van der Waals surface area contributed by atoms with Crippen molar-refractivity contribution in [2.24, 2.45) is 23.2 Å². The van der Waals surface area contributed by atoms with E-state index in [0.29, 0.717) is 39.8 Å². The van der Waals surface area contributed by atoms with Gasteiger partial charge in [0.05, 0.1) is 24.2 Å². The molecule has 0 N–H and O–H groups in total. The highest BCUT2D eigenvalue weighted by molar-refractivity contribution is 6.30. The molecular weight excluding hydrogens is 422 g/mol.